The molecule has 3 heterocycles. The number of likely N-dealkylation sites (tertiary alicyclic amines) is 1. The zero-order valence-corrected chi connectivity index (χ0v) is 17.6. The standard InChI is InChI=1S/C24H21N3O3S/c28-22(14-17-11-13-31-16-17)27-12-10-19(15-27)29-21-9-5-4-8-20(21)24-25-23(26-30-24)18-6-2-1-3-7-18/h1-9,11,13,16,19H,10,12,14-15H2. The molecule has 0 spiro atoms. The van der Waals surface area contributed by atoms with Gasteiger partial charge in [-0.15, -0.1) is 0 Å². The molecule has 4 aromatic rings. The van der Waals surface area contributed by atoms with Crippen LogP contribution in [0.25, 0.3) is 22.8 Å². The maximum atomic E-state index is 12.6. The van der Waals surface area contributed by atoms with Gasteiger partial charge in [0.1, 0.15) is 11.9 Å². The van der Waals surface area contributed by atoms with Crippen LogP contribution in [-0.4, -0.2) is 40.1 Å². The number of hydrogen-bond acceptors (Lipinski definition) is 6. The first-order valence-electron chi connectivity index (χ1n) is 10.2. The van der Waals surface area contributed by atoms with Crippen LogP contribution in [-0.2, 0) is 11.2 Å². The SMILES string of the molecule is O=C(Cc1ccsc1)N1CCC(Oc2ccccc2-c2nc(-c3ccccc3)no2)C1. The normalized spacial score (nSPS) is 15.9. The van der Waals surface area contributed by atoms with Crippen molar-refractivity contribution in [3.05, 3.63) is 77.0 Å². The molecule has 6 nitrogen and oxygen atoms in total. The summed E-state index contributed by atoms with van der Waals surface area (Å²) in [6, 6.07) is 19.3. The van der Waals surface area contributed by atoms with E-state index in [0.29, 0.717) is 37.0 Å². The predicted octanol–water partition coefficient (Wildman–Crippen LogP) is 4.69. The zero-order chi connectivity index (χ0) is 21.0. The highest BCUT2D eigenvalue weighted by atomic mass is 32.1. The number of ether oxygens (including phenoxy) is 1. The molecule has 1 aliphatic heterocycles. The van der Waals surface area contributed by atoms with E-state index in [0.717, 1.165) is 23.1 Å². The number of para-hydroxylation sites is 1. The molecule has 1 unspecified atom stereocenters. The summed E-state index contributed by atoms with van der Waals surface area (Å²) in [4.78, 5) is 19.0. The van der Waals surface area contributed by atoms with Gasteiger partial charge < -0.3 is 14.2 Å². The van der Waals surface area contributed by atoms with Crippen LogP contribution in [0.4, 0.5) is 0 Å². The summed E-state index contributed by atoms with van der Waals surface area (Å²) in [5, 5.41) is 8.13. The highest BCUT2D eigenvalue weighted by Crippen LogP contribution is 2.32. The molecule has 2 aromatic heterocycles. The third-order valence-electron chi connectivity index (χ3n) is 5.30. The molecular formula is C24H21N3O3S. The van der Waals surface area contributed by atoms with Crippen molar-refractivity contribution in [3.8, 4) is 28.6 Å². The van der Waals surface area contributed by atoms with E-state index in [1.807, 2.05) is 76.3 Å². The Hall–Kier alpha value is -3.45. The second kappa shape index (κ2) is 8.73. The number of hydrogen-bond donors (Lipinski definition) is 0. The fraction of sp³-hybridized carbons (Fsp3) is 0.208. The van der Waals surface area contributed by atoms with Crippen LogP contribution in [0.2, 0.25) is 0 Å². The van der Waals surface area contributed by atoms with Crippen LogP contribution in [0.5, 0.6) is 5.75 Å². The number of rotatable bonds is 6. The van der Waals surface area contributed by atoms with Crippen molar-refractivity contribution in [2.24, 2.45) is 0 Å². The van der Waals surface area contributed by atoms with Crippen LogP contribution in [0.1, 0.15) is 12.0 Å². The van der Waals surface area contributed by atoms with Crippen LogP contribution in [0, 0.1) is 0 Å². The quantitative estimate of drug-likeness (QED) is 0.443. The van der Waals surface area contributed by atoms with Crippen molar-refractivity contribution in [3.63, 3.8) is 0 Å². The molecule has 5 rings (SSSR count). The summed E-state index contributed by atoms with van der Waals surface area (Å²) in [6.07, 6.45) is 1.17. The average molecular weight is 432 g/mol. The maximum absolute atomic E-state index is 12.6. The highest BCUT2D eigenvalue weighted by molar-refractivity contribution is 7.08. The minimum atomic E-state index is -0.0657. The van der Waals surface area contributed by atoms with Gasteiger partial charge in [0.15, 0.2) is 0 Å². The Labute approximate surface area is 184 Å². The Morgan fingerprint density at radius 3 is 2.81 bits per heavy atom. The van der Waals surface area contributed by atoms with Gasteiger partial charge in [-0.1, -0.05) is 47.6 Å². The van der Waals surface area contributed by atoms with E-state index >= 15 is 0 Å². The minimum absolute atomic E-state index is 0.0657. The number of carbonyl (C=O) groups is 1. The Morgan fingerprint density at radius 2 is 1.97 bits per heavy atom. The number of carbonyl (C=O) groups excluding carboxylic acids is 1. The van der Waals surface area contributed by atoms with Crippen molar-refractivity contribution in [2.75, 3.05) is 13.1 Å². The predicted molar refractivity (Wildman–Crippen MR) is 119 cm³/mol. The molecule has 1 amide bonds. The van der Waals surface area contributed by atoms with E-state index < -0.39 is 0 Å². The minimum Gasteiger partial charge on any atom is -0.488 e. The summed E-state index contributed by atoms with van der Waals surface area (Å²) in [7, 11) is 0. The number of thiophene rings is 1. The van der Waals surface area contributed by atoms with E-state index in [-0.39, 0.29) is 12.0 Å². The molecule has 0 radical (unpaired) electrons. The van der Waals surface area contributed by atoms with Crippen molar-refractivity contribution in [1.82, 2.24) is 15.0 Å². The van der Waals surface area contributed by atoms with Gasteiger partial charge in [-0.05, 0) is 34.5 Å². The molecule has 0 aliphatic carbocycles. The molecule has 0 saturated carbocycles. The lowest BCUT2D eigenvalue weighted by atomic mass is 10.2. The number of amides is 1. The van der Waals surface area contributed by atoms with E-state index in [1.54, 1.807) is 11.3 Å². The lowest BCUT2D eigenvalue weighted by Gasteiger charge is -2.18. The van der Waals surface area contributed by atoms with E-state index in [4.69, 9.17) is 9.26 Å². The second-order valence-corrected chi connectivity index (χ2v) is 8.24. The van der Waals surface area contributed by atoms with Gasteiger partial charge in [-0.3, -0.25) is 4.79 Å². The van der Waals surface area contributed by atoms with E-state index in [9.17, 15) is 4.79 Å². The molecule has 1 fully saturated rings. The summed E-state index contributed by atoms with van der Waals surface area (Å²) in [5.74, 6) is 1.78. The van der Waals surface area contributed by atoms with Gasteiger partial charge in [-0.2, -0.15) is 16.3 Å². The molecule has 156 valence electrons. The lowest BCUT2D eigenvalue weighted by Crippen LogP contribution is -2.32. The molecule has 0 bridgehead atoms. The molecule has 0 N–H and O–H groups in total. The molecule has 2 aromatic carbocycles. The monoisotopic (exact) mass is 431 g/mol. The fourth-order valence-electron chi connectivity index (χ4n) is 3.69. The molecule has 1 aliphatic rings. The molecule has 31 heavy (non-hydrogen) atoms. The maximum Gasteiger partial charge on any atom is 0.262 e. The molecule has 1 saturated heterocycles. The van der Waals surface area contributed by atoms with Crippen molar-refractivity contribution in [2.45, 2.75) is 18.9 Å². The Kier molecular flexibility index (Phi) is 5.50. The third-order valence-corrected chi connectivity index (χ3v) is 6.03. The van der Waals surface area contributed by atoms with Gasteiger partial charge in [0, 0.05) is 18.5 Å². The summed E-state index contributed by atoms with van der Waals surface area (Å²) < 4.78 is 11.8. The topological polar surface area (TPSA) is 68.5 Å². The lowest BCUT2D eigenvalue weighted by molar-refractivity contribution is -0.129. The molecule has 7 heteroatoms. The van der Waals surface area contributed by atoms with Crippen molar-refractivity contribution >= 4 is 17.2 Å². The second-order valence-electron chi connectivity index (χ2n) is 7.46. The first-order chi connectivity index (χ1) is 15.3. The van der Waals surface area contributed by atoms with Gasteiger partial charge in [0.25, 0.3) is 5.89 Å². The van der Waals surface area contributed by atoms with Gasteiger partial charge in [-0.25, -0.2) is 0 Å². The molecule has 1 atom stereocenters. The number of benzene rings is 2. The highest BCUT2D eigenvalue weighted by Gasteiger charge is 2.28. The van der Waals surface area contributed by atoms with Crippen molar-refractivity contribution < 1.29 is 14.1 Å². The Bertz CT molecular complexity index is 1160. The van der Waals surface area contributed by atoms with Gasteiger partial charge in [0.2, 0.25) is 11.7 Å². The zero-order valence-electron chi connectivity index (χ0n) is 16.8. The smallest absolute Gasteiger partial charge is 0.262 e. The van der Waals surface area contributed by atoms with Gasteiger partial charge >= 0.3 is 0 Å². The first kappa shape index (κ1) is 19.5. The Balaban J connectivity index is 1.28. The largest absolute Gasteiger partial charge is 0.488 e. The summed E-state index contributed by atoms with van der Waals surface area (Å²) in [5.41, 5.74) is 2.71. The summed E-state index contributed by atoms with van der Waals surface area (Å²) in [6.45, 7) is 1.28. The van der Waals surface area contributed by atoms with Crippen LogP contribution in [0.3, 0.4) is 0 Å². The summed E-state index contributed by atoms with van der Waals surface area (Å²) >= 11 is 1.61. The molecular weight excluding hydrogens is 410 g/mol. The van der Waals surface area contributed by atoms with Crippen LogP contribution >= 0.6 is 11.3 Å². The van der Waals surface area contributed by atoms with E-state index in [1.165, 1.54) is 0 Å². The Morgan fingerprint density at radius 1 is 1.13 bits per heavy atom. The van der Waals surface area contributed by atoms with Crippen LogP contribution < -0.4 is 4.74 Å². The fourth-order valence-corrected chi connectivity index (χ4v) is 4.36. The average Bonchev–Trinajstić information content (AvgIpc) is 3.57. The van der Waals surface area contributed by atoms with Crippen LogP contribution in [0.15, 0.2) is 75.9 Å². The third kappa shape index (κ3) is 4.36. The number of aromatic nitrogens is 2. The first-order valence-corrected chi connectivity index (χ1v) is 11.1. The number of nitrogens with zero attached hydrogens (tertiary/aromatic N) is 3. The van der Waals surface area contributed by atoms with E-state index in [2.05, 4.69) is 10.1 Å². The van der Waals surface area contributed by atoms with Crippen molar-refractivity contribution in [1.29, 1.82) is 0 Å². The van der Waals surface area contributed by atoms with Gasteiger partial charge in [0.05, 0.1) is 18.5 Å².